The second-order valence-corrected chi connectivity index (χ2v) is 4.65. The van der Waals surface area contributed by atoms with E-state index in [1.54, 1.807) is 6.08 Å². The maximum atomic E-state index is 10.0. The summed E-state index contributed by atoms with van der Waals surface area (Å²) in [6.07, 6.45) is 11.3. The fourth-order valence-electron chi connectivity index (χ4n) is 1.21. The molecule has 0 fully saturated rings. The Hall–Kier alpha value is -1.08. The van der Waals surface area contributed by atoms with E-state index in [9.17, 15) is 5.11 Å². The summed E-state index contributed by atoms with van der Waals surface area (Å²) in [5.41, 5.74) is 1.66. The van der Waals surface area contributed by atoms with Crippen LogP contribution in [0, 0.1) is 0 Å². The molecule has 16 heavy (non-hydrogen) atoms. The van der Waals surface area contributed by atoms with Gasteiger partial charge in [-0.25, -0.2) is 0 Å². The largest absolute Gasteiger partial charge is 0.386 e. The topological polar surface area (TPSA) is 20.2 Å². The molecule has 0 aliphatic rings. The highest BCUT2D eigenvalue weighted by Crippen LogP contribution is 2.15. The summed E-state index contributed by atoms with van der Waals surface area (Å²) in [5, 5.41) is 10.0. The number of aliphatic hydroxyl groups is 1. The number of hydrogen-bond acceptors (Lipinski definition) is 1. The Bertz CT molecular complexity index is 299. The van der Waals surface area contributed by atoms with Crippen molar-refractivity contribution in [3.8, 4) is 0 Å². The van der Waals surface area contributed by atoms with E-state index < -0.39 is 5.60 Å². The predicted octanol–water partition coefficient (Wildman–Crippen LogP) is 4.17. The summed E-state index contributed by atoms with van der Waals surface area (Å²) in [6.45, 7) is 11.6. The maximum Gasteiger partial charge on any atom is 0.0805 e. The summed E-state index contributed by atoms with van der Waals surface area (Å²) < 4.78 is 0. The molecule has 0 rings (SSSR count). The molecule has 0 amide bonds. The molecule has 0 unspecified atom stereocenters. The second kappa shape index (κ2) is 7.24. The Balaban J connectivity index is 4.23. The van der Waals surface area contributed by atoms with Gasteiger partial charge in [-0.05, 0) is 40.5 Å². The lowest BCUT2D eigenvalue weighted by atomic mass is 9.98. The van der Waals surface area contributed by atoms with Crippen molar-refractivity contribution in [2.24, 2.45) is 0 Å². The molecule has 0 heterocycles. The van der Waals surface area contributed by atoms with Crippen molar-refractivity contribution in [2.75, 3.05) is 0 Å². The van der Waals surface area contributed by atoms with Crippen LogP contribution in [-0.4, -0.2) is 10.7 Å². The lowest BCUT2D eigenvalue weighted by Gasteiger charge is -2.17. The van der Waals surface area contributed by atoms with Gasteiger partial charge in [0.1, 0.15) is 0 Å². The van der Waals surface area contributed by atoms with Crippen LogP contribution in [0.5, 0.6) is 0 Å². The van der Waals surface area contributed by atoms with Gasteiger partial charge in [-0.15, -0.1) is 0 Å². The van der Waals surface area contributed by atoms with Crippen molar-refractivity contribution >= 4 is 0 Å². The van der Waals surface area contributed by atoms with Gasteiger partial charge in [0.25, 0.3) is 0 Å². The van der Waals surface area contributed by atoms with E-state index >= 15 is 0 Å². The van der Waals surface area contributed by atoms with Crippen LogP contribution >= 0.6 is 0 Å². The highest BCUT2D eigenvalue weighted by atomic mass is 16.3. The van der Waals surface area contributed by atoms with Crippen LogP contribution in [0.25, 0.3) is 0 Å². The van der Waals surface area contributed by atoms with Gasteiger partial charge in [-0.2, -0.15) is 0 Å². The van der Waals surface area contributed by atoms with Crippen LogP contribution in [0.15, 0.2) is 48.1 Å². The molecule has 0 aliphatic heterocycles. The first-order valence-electron chi connectivity index (χ1n) is 5.72. The minimum atomic E-state index is -0.732. The summed E-state index contributed by atoms with van der Waals surface area (Å²) >= 11 is 0. The molecule has 0 saturated carbocycles. The second-order valence-electron chi connectivity index (χ2n) is 4.65. The Labute approximate surface area is 99.9 Å². The van der Waals surface area contributed by atoms with E-state index in [4.69, 9.17) is 0 Å². The Morgan fingerprint density at radius 3 is 2.44 bits per heavy atom. The molecule has 0 spiro atoms. The molecule has 0 aromatic carbocycles. The molecule has 0 bridgehead atoms. The number of hydrogen-bond donors (Lipinski definition) is 1. The molecule has 0 aromatic rings. The molecule has 0 radical (unpaired) electrons. The maximum absolute atomic E-state index is 10.0. The van der Waals surface area contributed by atoms with Gasteiger partial charge in [0.05, 0.1) is 5.60 Å². The van der Waals surface area contributed by atoms with Crippen molar-refractivity contribution < 1.29 is 5.11 Å². The summed E-state index contributed by atoms with van der Waals surface area (Å²) in [4.78, 5) is 0. The van der Waals surface area contributed by atoms with Gasteiger partial charge < -0.3 is 5.11 Å². The van der Waals surface area contributed by atoms with Crippen molar-refractivity contribution in [3.63, 3.8) is 0 Å². The minimum absolute atomic E-state index is 0.732. The van der Waals surface area contributed by atoms with E-state index in [0.29, 0.717) is 0 Å². The van der Waals surface area contributed by atoms with E-state index in [-0.39, 0.29) is 0 Å². The highest BCUT2D eigenvalue weighted by molar-refractivity contribution is 5.21. The van der Waals surface area contributed by atoms with Crippen molar-refractivity contribution in [1.82, 2.24) is 0 Å². The summed E-state index contributed by atoms with van der Waals surface area (Å²) in [6, 6.07) is 0. The Morgan fingerprint density at radius 1 is 1.31 bits per heavy atom. The normalized spacial score (nSPS) is 15.9. The van der Waals surface area contributed by atoms with Crippen molar-refractivity contribution in [3.05, 3.63) is 48.1 Å². The molecular formula is C15H24O. The number of allylic oxidation sites excluding steroid dienone is 6. The van der Waals surface area contributed by atoms with Crippen LogP contribution in [0.2, 0.25) is 0 Å². The molecule has 1 nitrogen and oxygen atoms in total. The fourth-order valence-corrected chi connectivity index (χ4v) is 1.21. The van der Waals surface area contributed by atoms with Gasteiger partial charge in [-0.3, -0.25) is 0 Å². The molecular weight excluding hydrogens is 196 g/mol. The zero-order chi connectivity index (χ0) is 12.6. The van der Waals surface area contributed by atoms with Crippen LogP contribution in [-0.2, 0) is 0 Å². The van der Waals surface area contributed by atoms with Gasteiger partial charge in [0.15, 0.2) is 0 Å². The van der Waals surface area contributed by atoms with E-state index in [1.807, 2.05) is 32.1 Å². The van der Waals surface area contributed by atoms with Gasteiger partial charge in [0.2, 0.25) is 0 Å². The van der Waals surface area contributed by atoms with Crippen LogP contribution < -0.4 is 0 Å². The van der Waals surface area contributed by atoms with E-state index in [2.05, 4.69) is 26.5 Å². The average Bonchev–Trinajstić information content (AvgIpc) is 2.16. The average molecular weight is 220 g/mol. The lowest BCUT2D eigenvalue weighted by Crippen LogP contribution is -2.19. The molecule has 90 valence electrons. The summed E-state index contributed by atoms with van der Waals surface area (Å²) in [5.74, 6) is 0. The smallest absolute Gasteiger partial charge is 0.0805 e. The zero-order valence-corrected chi connectivity index (χ0v) is 11.0. The molecule has 0 aromatic heterocycles. The van der Waals surface area contributed by atoms with E-state index in [1.165, 1.54) is 5.57 Å². The predicted molar refractivity (Wildman–Crippen MR) is 72.4 cm³/mol. The number of rotatable bonds is 6. The molecule has 0 saturated heterocycles. The Kier molecular flexibility index (Phi) is 6.75. The molecule has 1 N–H and O–H groups in total. The van der Waals surface area contributed by atoms with E-state index in [0.717, 1.165) is 18.4 Å². The minimum Gasteiger partial charge on any atom is -0.386 e. The van der Waals surface area contributed by atoms with Gasteiger partial charge >= 0.3 is 0 Å². The van der Waals surface area contributed by atoms with Gasteiger partial charge in [-0.1, -0.05) is 48.1 Å². The SMILES string of the molecule is C=C/C(C)=C\C=C\[C@@](C)(O)CCC=C(C)C. The summed E-state index contributed by atoms with van der Waals surface area (Å²) in [7, 11) is 0. The van der Waals surface area contributed by atoms with Crippen LogP contribution in [0.4, 0.5) is 0 Å². The molecule has 1 atom stereocenters. The van der Waals surface area contributed by atoms with Crippen LogP contribution in [0.1, 0.15) is 40.5 Å². The monoisotopic (exact) mass is 220 g/mol. The quantitative estimate of drug-likeness (QED) is 0.526. The van der Waals surface area contributed by atoms with Gasteiger partial charge in [0, 0.05) is 0 Å². The third-order valence-electron chi connectivity index (χ3n) is 2.34. The third kappa shape index (κ3) is 8.25. The van der Waals surface area contributed by atoms with Crippen molar-refractivity contribution in [2.45, 2.75) is 46.1 Å². The highest BCUT2D eigenvalue weighted by Gasteiger charge is 2.13. The molecule has 1 heteroatoms. The first-order valence-corrected chi connectivity index (χ1v) is 5.72. The standard InChI is InChI=1S/C15H24O/c1-6-14(4)10-8-12-15(5,16)11-7-9-13(2)3/h6,8-10,12,16H,1,7,11H2,2-5H3/b12-8+,14-10-/t15-/m0/s1. The van der Waals surface area contributed by atoms with Crippen molar-refractivity contribution in [1.29, 1.82) is 0 Å². The van der Waals surface area contributed by atoms with Crippen LogP contribution in [0.3, 0.4) is 0 Å². The Morgan fingerprint density at radius 2 is 1.94 bits per heavy atom. The zero-order valence-electron chi connectivity index (χ0n) is 11.0. The lowest BCUT2D eigenvalue weighted by molar-refractivity contribution is 0.103. The third-order valence-corrected chi connectivity index (χ3v) is 2.34. The first kappa shape index (κ1) is 14.9. The fraction of sp³-hybridized carbons (Fsp3) is 0.467. The first-order chi connectivity index (χ1) is 7.37. The molecule has 0 aliphatic carbocycles.